The molecule has 24 heavy (non-hydrogen) atoms. The molecule has 1 saturated heterocycles. The molecule has 1 fully saturated rings. The van der Waals surface area contributed by atoms with Gasteiger partial charge < -0.3 is 15.4 Å². The molecule has 0 aliphatic carbocycles. The van der Waals surface area contributed by atoms with E-state index in [0.717, 1.165) is 18.5 Å². The summed E-state index contributed by atoms with van der Waals surface area (Å²) in [5, 5.41) is 5.72. The van der Waals surface area contributed by atoms with Crippen molar-refractivity contribution in [2.24, 2.45) is 0 Å². The lowest BCUT2D eigenvalue weighted by Gasteiger charge is -2.34. The van der Waals surface area contributed by atoms with Crippen LogP contribution in [-0.2, 0) is 20.9 Å². The maximum absolute atomic E-state index is 12.2. The third-order valence-corrected chi connectivity index (χ3v) is 4.04. The Balaban J connectivity index is 1.84. The molecule has 0 aromatic heterocycles. The van der Waals surface area contributed by atoms with Gasteiger partial charge in [0.05, 0.1) is 12.5 Å². The van der Waals surface area contributed by atoms with Crippen LogP contribution in [0.3, 0.4) is 0 Å². The SMILES string of the molecule is CCOCCCNC(=O)C[C@@H]1C(=O)NCCN1Cc1ccccc1. The van der Waals surface area contributed by atoms with E-state index in [9.17, 15) is 9.59 Å². The second-order valence-electron chi connectivity index (χ2n) is 5.87. The van der Waals surface area contributed by atoms with E-state index < -0.39 is 6.04 Å². The summed E-state index contributed by atoms with van der Waals surface area (Å²) in [5.41, 5.74) is 1.15. The number of nitrogens with zero attached hydrogens (tertiary/aromatic N) is 1. The van der Waals surface area contributed by atoms with Crippen LogP contribution in [0.25, 0.3) is 0 Å². The highest BCUT2D eigenvalue weighted by Crippen LogP contribution is 2.13. The summed E-state index contributed by atoms with van der Waals surface area (Å²) in [6.07, 6.45) is 0.970. The van der Waals surface area contributed by atoms with E-state index in [1.54, 1.807) is 0 Å². The van der Waals surface area contributed by atoms with Gasteiger partial charge in [-0.2, -0.15) is 0 Å². The predicted octanol–water partition coefficient (Wildman–Crippen LogP) is 0.920. The van der Waals surface area contributed by atoms with E-state index in [2.05, 4.69) is 15.5 Å². The zero-order chi connectivity index (χ0) is 17.2. The van der Waals surface area contributed by atoms with Gasteiger partial charge in [-0.1, -0.05) is 30.3 Å². The second kappa shape index (κ2) is 10.1. The zero-order valence-corrected chi connectivity index (χ0v) is 14.3. The van der Waals surface area contributed by atoms with Gasteiger partial charge in [0.1, 0.15) is 0 Å². The molecule has 0 spiro atoms. The first-order valence-corrected chi connectivity index (χ1v) is 8.61. The summed E-state index contributed by atoms with van der Waals surface area (Å²) in [5.74, 6) is -0.159. The van der Waals surface area contributed by atoms with Crippen LogP contribution in [0.2, 0.25) is 0 Å². The van der Waals surface area contributed by atoms with Crippen LogP contribution in [0.15, 0.2) is 30.3 Å². The summed E-state index contributed by atoms with van der Waals surface area (Å²) >= 11 is 0. The van der Waals surface area contributed by atoms with E-state index in [1.165, 1.54) is 0 Å². The minimum atomic E-state index is -0.411. The molecule has 1 heterocycles. The average molecular weight is 333 g/mol. The van der Waals surface area contributed by atoms with Crippen molar-refractivity contribution in [1.29, 1.82) is 0 Å². The van der Waals surface area contributed by atoms with E-state index >= 15 is 0 Å². The third kappa shape index (κ3) is 5.94. The van der Waals surface area contributed by atoms with E-state index in [0.29, 0.717) is 32.8 Å². The quantitative estimate of drug-likeness (QED) is 0.659. The monoisotopic (exact) mass is 333 g/mol. The van der Waals surface area contributed by atoms with E-state index in [-0.39, 0.29) is 18.2 Å². The zero-order valence-electron chi connectivity index (χ0n) is 14.3. The van der Waals surface area contributed by atoms with Gasteiger partial charge in [0.15, 0.2) is 0 Å². The van der Waals surface area contributed by atoms with Crippen LogP contribution in [-0.4, -0.2) is 55.6 Å². The fraction of sp³-hybridized carbons (Fsp3) is 0.556. The van der Waals surface area contributed by atoms with Crippen molar-refractivity contribution >= 4 is 11.8 Å². The van der Waals surface area contributed by atoms with Crippen molar-refractivity contribution < 1.29 is 14.3 Å². The van der Waals surface area contributed by atoms with Gasteiger partial charge in [0.2, 0.25) is 11.8 Å². The van der Waals surface area contributed by atoms with Crippen molar-refractivity contribution in [3.05, 3.63) is 35.9 Å². The molecule has 2 amide bonds. The largest absolute Gasteiger partial charge is 0.382 e. The molecule has 132 valence electrons. The lowest BCUT2D eigenvalue weighted by atomic mass is 10.1. The summed E-state index contributed by atoms with van der Waals surface area (Å²) in [7, 11) is 0. The number of nitrogens with one attached hydrogen (secondary N) is 2. The molecule has 2 rings (SSSR count). The maximum Gasteiger partial charge on any atom is 0.237 e. The van der Waals surface area contributed by atoms with Crippen molar-refractivity contribution in [2.45, 2.75) is 32.4 Å². The second-order valence-corrected chi connectivity index (χ2v) is 5.87. The van der Waals surface area contributed by atoms with E-state index in [1.807, 2.05) is 37.3 Å². The molecular weight excluding hydrogens is 306 g/mol. The molecule has 1 aliphatic heterocycles. The Labute approximate surface area is 143 Å². The number of carbonyl (C=O) groups is 2. The number of ether oxygens (including phenoxy) is 1. The molecule has 0 radical (unpaired) electrons. The van der Waals surface area contributed by atoms with Crippen molar-refractivity contribution in [1.82, 2.24) is 15.5 Å². The standard InChI is InChI=1S/C18H27N3O3/c1-2-24-12-6-9-19-17(22)13-16-18(23)20-10-11-21(16)14-15-7-4-3-5-8-15/h3-5,7-8,16H,2,6,9-14H2,1H3,(H,19,22)(H,20,23)/t16-/m1/s1. The van der Waals surface area contributed by atoms with Crippen LogP contribution >= 0.6 is 0 Å². The van der Waals surface area contributed by atoms with Gasteiger partial charge >= 0.3 is 0 Å². The van der Waals surface area contributed by atoms with Crippen LogP contribution in [0.1, 0.15) is 25.3 Å². The van der Waals surface area contributed by atoms with Gasteiger partial charge in [-0.25, -0.2) is 0 Å². The average Bonchev–Trinajstić information content (AvgIpc) is 2.59. The van der Waals surface area contributed by atoms with Crippen molar-refractivity contribution in [3.8, 4) is 0 Å². The Hall–Kier alpha value is -1.92. The van der Waals surface area contributed by atoms with Crippen LogP contribution in [0, 0.1) is 0 Å². The minimum absolute atomic E-state index is 0.0679. The summed E-state index contributed by atoms with van der Waals surface area (Å²) in [6, 6.07) is 9.61. The topological polar surface area (TPSA) is 70.7 Å². The molecule has 1 aromatic rings. The Kier molecular flexibility index (Phi) is 7.71. The van der Waals surface area contributed by atoms with Crippen LogP contribution < -0.4 is 10.6 Å². The van der Waals surface area contributed by atoms with Gasteiger partial charge in [0.25, 0.3) is 0 Å². The summed E-state index contributed by atoms with van der Waals surface area (Å²) in [4.78, 5) is 26.4. The lowest BCUT2D eigenvalue weighted by molar-refractivity contribution is -0.134. The Morgan fingerprint density at radius 2 is 2.17 bits per heavy atom. The van der Waals surface area contributed by atoms with Crippen molar-refractivity contribution in [3.63, 3.8) is 0 Å². The number of benzene rings is 1. The highest BCUT2D eigenvalue weighted by atomic mass is 16.5. The van der Waals surface area contributed by atoms with Crippen LogP contribution in [0.4, 0.5) is 0 Å². The molecule has 1 aliphatic rings. The van der Waals surface area contributed by atoms with Crippen LogP contribution in [0.5, 0.6) is 0 Å². The molecule has 6 nitrogen and oxygen atoms in total. The first-order chi connectivity index (χ1) is 11.7. The molecule has 2 N–H and O–H groups in total. The fourth-order valence-electron chi connectivity index (χ4n) is 2.79. The normalized spacial score (nSPS) is 18.2. The van der Waals surface area contributed by atoms with Gasteiger partial charge in [-0.15, -0.1) is 0 Å². The number of hydrogen-bond donors (Lipinski definition) is 2. The van der Waals surface area contributed by atoms with Gasteiger partial charge in [-0.05, 0) is 18.9 Å². The highest BCUT2D eigenvalue weighted by Gasteiger charge is 2.31. The first-order valence-electron chi connectivity index (χ1n) is 8.61. The smallest absolute Gasteiger partial charge is 0.237 e. The minimum Gasteiger partial charge on any atom is -0.382 e. The predicted molar refractivity (Wildman–Crippen MR) is 92.4 cm³/mol. The van der Waals surface area contributed by atoms with Crippen molar-refractivity contribution in [2.75, 3.05) is 32.8 Å². The Bertz CT molecular complexity index is 522. The summed E-state index contributed by atoms with van der Waals surface area (Å²) < 4.78 is 5.24. The van der Waals surface area contributed by atoms with E-state index in [4.69, 9.17) is 4.74 Å². The number of rotatable bonds is 9. The lowest BCUT2D eigenvalue weighted by Crippen LogP contribution is -2.56. The summed E-state index contributed by atoms with van der Waals surface area (Å²) in [6.45, 7) is 5.90. The first kappa shape index (κ1) is 18.4. The molecule has 6 heteroatoms. The maximum atomic E-state index is 12.2. The third-order valence-electron chi connectivity index (χ3n) is 4.04. The molecule has 0 bridgehead atoms. The molecule has 0 saturated carbocycles. The molecule has 0 unspecified atom stereocenters. The number of hydrogen-bond acceptors (Lipinski definition) is 4. The Morgan fingerprint density at radius 3 is 2.92 bits per heavy atom. The highest BCUT2D eigenvalue weighted by molar-refractivity contribution is 5.88. The molecule has 1 atom stereocenters. The Morgan fingerprint density at radius 1 is 1.38 bits per heavy atom. The fourth-order valence-corrected chi connectivity index (χ4v) is 2.79. The molecule has 1 aromatic carbocycles. The number of carbonyl (C=O) groups excluding carboxylic acids is 2. The number of amides is 2. The number of piperazine rings is 1. The van der Waals surface area contributed by atoms with Gasteiger partial charge in [0, 0.05) is 39.4 Å². The van der Waals surface area contributed by atoms with Gasteiger partial charge in [-0.3, -0.25) is 14.5 Å². The molecular formula is C18H27N3O3.